The van der Waals surface area contributed by atoms with Crippen molar-refractivity contribution < 1.29 is 4.39 Å². The van der Waals surface area contributed by atoms with E-state index in [0.717, 1.165) is 12.8 Å². The molecule has 0 spiro atoms. The molecule has 0 fully saturated rings. The molecule has 15 heavy (non-hydrogen) atoms. The molecule has 1 nitrogen and oxygen atoms in total. The molecular formula is C13H20FN. The van der Waals surface area contributed by atoms with E-state index in [-0.39, 0.29) is 5.82 Å². The van der Waals surface area contributed by atoms with E-state index in [1.165, 1.54) is 6.07 Å². The maximum absolute atomic E-state index is 13.6. The first-order valence-electron chi connectivity index (χ1n) is 5.51. The summed E-state index contributed by atoms with van der Waals surface area (Å²) in [5, 5.41) is 0. The Morgan fingerprint density at radius 2 is 2.00 bits per heavy atom. The monoisotopic (exact) mass is 209 g/mol. The van der Waals surface area contributed by atoms with Gasteiger partial charge in [0.25, 0.3) is 0 Å². The van der Waals surface area contributed by atoms with Gasteiger partial charge in [0.2, 0.25) is 0 Å². The average Bonchev–Trinajstić information content (AvgIpc) is 2.17. The fraction of sp³-hybridized carbons (Fsp3) is 0.538. The molecule has 84 valence electrons. The molecule has 0 aliphatic heterocycles. The van der Waals surface area contributed by atoms with Gasteiger partial charge in [-0.2, -0.15) is 0 Å². The van der Waals surface area contributed by atoms with Crippen LogP contribution in [0.4, 0.5) is 4.39 Å². The highest BCUT2D eigenvalue weighted by Gasteiger charge is 2.25. The van der Waals surface area contributed by atoms with Crippen LogP contribution in [0.2, 0.25) is 0 Å². The Bertz CT molecular complexity index is 320. The average molecular weight is 209 g/mol. The van der Waals surface area contributed by atoms with Crippen molar-refractivity contribution in [1.82, 2.24) is 0 Å². The van der Waals surface area contributed by atoms with Crippen molar-refractivity contribution in [3.05, 3.63) is 35.6 Å². The van der Waals surface area contributed by atoms with Gasteiger partial charge in [0.15, 0.2) is 0 Å². The third-order valence-electron chi connectivity index (χ3n) is 2.96. The Hall–Kier alpha value is -0.890. The van der Waals surface area contributed by atoms with E-state index < -0.39 is 5.54 Å². The zero-order chi connectivity index (χ0) is 11.5. The summed E-state index contributed by atoms with van der Waals surface area (Å²) in [5.41, 5.74) is 6.22. The van der Waals surface area contributed by atoms with Gasteiger partial charge >= 0.3 is 0 Å². The molecular weight excluding hydrogens is 189 g/mol. The highest BCUT2D eigenvalue weighted by atomic mass is 19.1. The van der Waals surface area contributed by atoms with E-state index in [0.29, 0.717) is 11.5 Å². The van der Waals surface area contributed by atoms with Gasteiger partial charge in [0, 0.05) is 11.1 Å². The number of hydrogen-bond acceptors (Lipinski definition) is 1. The van der Waals surface area contributed by atoms with E-state index in [2.05, 4.69) is 13.8 Å². The Labute approximate surface area is 91.5 Å². The molecule has 0 aliphatic carbocycles. The Morgan fingerprint density at radius 1 is 1.40 bits per heavy atom. The van der Waals surface area contributed by atoms with Crippen molar-refractivity contribution in [2.75, 3.05) is 0 Å². The quantitative estimate of drug-likeness (QED) is 0.807. The summed E-state index contributed by atoms with van der Waals surface area (Å²) in [6.45, 7) is 6.17. The maximum Gasteiger partial charge on any atom is 0.128 e. The number of nitrogens with two attached hydrogens (primary N) is 1. The molecule has 0 saturated carbocycles. The molecule has 0 radical (unpaired) electrons. The lowest BCUT2D eigenvalue weighted by Gasteiger charge is -2.28. The smallest absolute Gasteiger partial charge is 0.128 e. The van der Waals surface area contributed by atoms with Gasteiger partial charge in [0.05, 0.1) is 0 Å². The van der Waals surface area contributed by atoms with Crippen LogP contribution in [0.1, 0.15) is 39.2 Å². The van der Waals surface area contributed by atoms with Crippen LogP contribution < -0.4 is 5.73 Å². The molecule has 1 aromatic carbocycles. The number of hydrogen-bond donors (Lipinski definition) is 1. The fourth-order valence-corrected chi connectivity index (χ4v) is 1.90. The summed E-state index contributed by atoms with van der Waals surface area (Å²) < 4.78 is 13.6. The first kappa shape index (κ1) is 12.2. The molecule has 2 unspecified atom stereocenters. The second-order valence-corrected chi connectivity index (χ2v) is 4.61. The second-order valence-electron chi connectivity index (χ2n) is 4.61. The summed E-state index contributed by atoms with van der Waals surface area (Å²) >= 11 is 0. The van der Waals surface area contributed by atoms with Crippen LogP contribution in [0, 0.1) is 11.7 Å². The maximum atomic E-state index is 13.6. The number of rotatable bonds is 4. The highest BCUT2D eigenvalue weighted by molar-refractivity contribution is 5.25. The van der Waals surface area contributed by atoms with Crippen LogP contribution in [0.15, 0.2) is 24.3 Å². The minimum atomic E-state index is -0.569. The van der Waals surface area contributed by atoms with Crippen LogP contribution in [-0.4, -0.2) is 0 Å². The molecule has 0 aliphatic rings. The highest BCUT2D eigenvalue weighted by Crippen LogP contribution is 2.28. The molecule has 0 amide bonds. The molecule has 1 rings (SSSR count). The molecule has 1 aromatic rings. The van der Waals surface area contributed by atoms with Gasteiger partial charge < -0.3 is 5.73 Å². The predicted molar refractivity (Wildman–Crippen MR) is 62.0 cm³/mol. The lowest BCUT2D eigenvalue weighted by atomic mass is 9.83. The third kappa shape index (κ3) is 3.03. The van der Waals surface area contributed by atoms with Gasteiger partial charge in [-0.1, -0.05) is 38.5 Å². The Balaban J connectivity index is 2.90. The van der Waals surface area contributed by atoms with E-state index >= 15 is 0 Å². The first-order valence-corrected chi connectivity index (χ1v) is 5.51. The largest absolute Gasteiger partial charge is 0.322 e. The first-order chi connectivity index (χ1) is 6.97. The molecule has 0 aromatic heterocycles. The molecule has 0 bridgehead atoms. The topological polar surface area (TPSA) is 26.0 Å². The zero-order valence-electron chi connectivity index (χ0n) is 9.76. The molecule has 2 heteroatoms. The number of halogens is 1. The minimum absolute atomic E-state index is 0.203. The molecule has 2 N–H and O–H groups in total. The molecule has 0 saturated heterocycles. The van der Waals surface area contributed by atoms with Crippen molar-refractivity contribution in [3.63, 3.8) is 0 Å². The second kappa shape index (κ2) is 4.75. The van der Waals surface area contributed by atoms with Crippen molar-refractivity contribution >= 4 is 0 Å². The fourth-order valence-electron chi connectivity index (χ4n) is 1.90. The standard InChI is InChI=1S/C13H20FN/c1-4-10(2)9-13(3,15)11-7-5-6-8-12(11)14/h5-8,10H,4,9,15H2,1-3H3. The summed E-state index contributed by atoms with van der Waals surface area (Å²) in [6, 6.07) is 6.77. The van der Waals surface area contributed by atoms with Crippen LogP contribution >= 0.6 is 0 Å². The van der Waals surface area contributed by atoms with Gasteiger partial charge in [-0.25, -0.2) is 4.39 Å². The summed E-state index contributed by atoms with van der Waals surface area (Å²) in [7, 11) is 0. The normalized spacial score (nSPS) is 17.1. The summed E-state index contributed by atoms with van der Waals surface area (Å²) in [5.74, 6) is 0.311. The predicted octanol–water partition coefficient (Wildman–Crippen LogP) is 3.44. The van der Waals surface area contributed by atoms with Gasteiger partial charge in [0.1, 0.15) is 5.82 Å². The molecule has 2 atom stereocenters. The lowest BCUT2D eigenvalue weighted by Crippen LogP contribution is -2.35. The van der Waals surface area contributed by atoms with Gasteiger partial charge in [-0.15, -0.1) is 0 Å². The zero-order valence-corrected chi connectivity index (χ0v) is 9.76. The summed E-state index contributed by atoms with van der Waals surface area (Å²) in [4.78, 5) is 0. The number of benzene rings is 1. The van der Waals surface area contributed by atoms with Crippen molar-refractivity contribution in [2.45, 2.75) is 39.2 Å². The summed E-state index contributed by atoms with van der Waals surface area (Å²) in [6.07, 6.45) is 1.88. The lowest BCUT2D eigenvalue weighted by molar-refractivity contribution is 0.345. The van der Waals surface area contributed by atoms with E-state index in [1.807, 2.05) is 13.0 Å². The van der Waals surface area contributed by atoms with Crippen molar-refractivity contribution in [3.8, 4) is 0 Å². The van der Waals surface area contributed by atoms with Gasteiger partial charge in [-0.05, 0) is 25.3 Å². The van der Waals surface area contributed by atoms with Crippen molar-refractivity contribution in [2.24, 2.45) is 11.7 Å². The minimum Gasteiger partial charge on any atom is -0.322 e. The van der Waals surface area contributed by atoms with E-state index in [4.69, 9.17) is 5.73 Å². The third-order valence-corrected chi connectivity index (χ3v) is 2.96. The van der Waals surface area contributed by atoms with Crippen LogP contribution in [0.5, 0.6) is 0 Å². The van der Waals surface area contributed by atoms with Crippen LogP contribution in [-0.2, 0) is 5.54 Å². The molecule has 0 heterocycles. The Kier molecular flexibility index (Phi) is 3.86. The van der Waals surface area contributed by atoms with Gasteiger partial charge in [-0.3, -0.25) is 0 Å². The Morgan fingerprint density at radius 3 is 2.53 bits per heavy atom. The van der Waals surface area contributed by atoms with Crippen molar-refractivity contribution in [1.29, 1.82) is 0 Å². The SMILES string of the molecule is CCC(C)CC(C)(N)c1ccccc1F. The van der Waals surface area contributed by atoms with Crippen LogP contribution in [0.3, 0.4) is 0 Å². The van der Waals surface area contributed by atoms with E-state index in [9.17, 15) is 4.39 Å². The van der Waals surface area contributed by atoms with Crippen LogP contribution in [0.25, 0.3) is 0 Å². The van der Waals surface area contributed by atoms with E-state index in [1.54, 1.807) is 12.1 Å².